The van der Waals surface area contributed by atoms with Crippen molar-refractivity contribution in [2.24, 2.45) is 0 Å². The number of carbonyl (C=O) groups is 2. The van der Waals surface area contributed by atoms with Gasteiger partial charge in [-0.15, -0.1) is 11.3 Å². The summed E-state index contributed by atoms with van der Waals surface area (Å²) in [6, 6.07) is 8.23. The maximum atomic E-state index is 13.4. The number of hydrogen-bond donors (Lipinski definition) is 1. The lowest BCUT2D eigenvalue weighted by molar-refractivity contribution is -0.129. The molecule has 1 N–H and O–H groups in total. The second-order valence-electron chi connectivity index (χ2n) is 8.89. The molecule has 1 saturated heterocycles. The summed E-state index contributed by atoms with van der Waals surface area (Å²) in [6.07, 6.45) is 2.66. The molecule has 1 aromatic carbocycles. The zero-order chi connectivity index (χ0) is 25.5. The molecule has 1 fully saturated rings. The Morgan fingerprint density at radius 3 is 2.67 bits per heavy atom. The number of Topliss-reactive ketones (excluding diaryl/α,β-unsaturated/α-hetero) is 1. The second kappa shape index (κ2) is 12.4. The maximum absolute atomic E-state index is 13.4. The fourth-order valence-corrected chi connectivity index (χ4v) is 5.27. The Morgan fingerprint density at radius 1 is 1.17 bits per heavy atom. The Kier molecular flexibility index (Phi) is 9.01. The number of aliphatic hydroxyl groups excluding tert-OH is 1. The van der Waals surface area contributed by atoms with E-state index in [2.05, 4.69) is 11.8 Å². The third kappa shape index (κ3) is 5.74. The van der Waals surface area contributed by atoms with Crippen molar-refractivity contribution in [2.45, 2.75) is 32.2 Å². The van der Waals surface area contributed by atoms with Gasteiger partial charge in [0.15, 0.2) is 17.3 Å². The first-order valence-corrected chi connectivity index (χ1v) is 13.4. The first-order chi connectivity index (χ1) is 17.5. The van der Waals surface area contributed by atoms with E-state index in [4.69, 9.17) is 14.2 Å². The molecule has 194 valence electrons. The lowest BCUT2D eigenvalue weighted by atomic mass is 9.95. The molecule has 2 aromatic rings. The molecule has 0 saturated carbocycles. The Bertz CT molecular complexity index is 1080. The summed E-state index contributed by atoms with van der Waals surface area (Å²) in [5.74, 6) is -0.203. The van der Waals surface area contributed by atoms with Crippen molar-refractivity contribution in [3.63, 3.8) is 0 Å². The van der Waals surface area contributed by atoms with Crippen molar-refractivity contribution in [3.8, 4) is 11.5 Å². The smallest absolute Gasteiger partial charge is 0.290 e. The standard InChI is InChI=1S/C27H34N2O6S/c1-3-4-14-35-20-9-8-19(18-21(20)33-2)24-23(25(30)22-7-5-17-36-22)26(31)27(32)29(24)11-6-10-28-12-15-34-16-13-28/h5,7-9,17-18,24,31H,3-4,6,10-16H2,1-2H3. The number of amides is 1. The topological polar surface area (TPSA) is 88.5 Å². The number of aliphatic hydroxyl groups is 1. The number of thiophene rings is 1. The van der Waals surface area contributed by atoms with Gasteiger partial charge in [-0.2, -0.15) is 0 Å². The van der Waals surface area contributed by atoms with E-state index in [1.165, 1.54) is 11.3 Å². The molecule has 9 heteroatoms. The number of unbranched alkanes of at least 4 members (excludes halogenated alkanes) is 1. The summed E-state index contributed by atoms with van der Waals surface area (Å²) in [6.45, 7) is 7.02. The zero-order valence-electron chi connectivity index (χ0n) is 20.9. The predicted molar refractivity (Wildman–Crippen MR) is 138 cm³/mol. The molecule has 0 spiro atoms. The first-order valence-electron chi connectivity index (χ1n) is 12.5. The Labute approximate surface area is 216 Å². The van der Waals surface area contributed by atoms with Crippen molar-refractivity contribution >= 4 is 23.0 Å². The average Bonchev–Trinajstić information content (AvgIpc) is 3.53. The van der Waals surface area contributed by atoms with Crippen LogP contribution in [0.3, 0.4) is 0 Å². The summed E-state index contributed by atoms with van der Waals surface area (Å²) in [7, 11) is 1.57. The van der Waals surface area contributed by atoms with Gasteiger partial charge in [0.05, 0.1) is 43.4 Å². The highest BCUT2D eigenvalue weighted by Gasteiger charge is 2.44. The van der Waals surface area contributed by atoms with Gasteiger partial charge in [-0.1, -0.05) is 25.5 Å². The maximum Gasteiger partial charge on any atom is 0.290 e. The van der Waals surface area contributed by atoms with E-state index in [9.17, 15) is 14.7 Å². The average molecular weight is 515 g/mol. The zero-order valence-corrected chi connectivity index (χ0v) is 21.7. The van der Waals surface area contributed by atoms with Crippen molar-refractivity contribution in [3.05, 3.63) is 57.5 Å². The number of morpholine rings is 1. The van der Waals surface area contributed by atoms with Crippen molar-refractivity contribution in [1.29, 1.82) is 0 Å². The van der Waals surface area contributed by atoms with Crippen LogP contribution in [0.15, 0.2) is 47.0 Å². The van der Waals surface area contributed by atoms with Gasteiger partial charge in [-0.25, -0.2) is 0 Å². The van der Waals surface area contributed by atoms with Crippen LogP contribution in [0.4, 0.5) is 0 Å². The summed E-state index contributed by atoms with van der Waals surface area (Å²) in [5, 5.41) is 12.7. The Balaban J connectivity index is 1.62. The van der Waals surface area contributed by atoms with Crippen LogP contribution in [-0.4, -0.2) is 79.7 Å². The molecule has 1 atom stereocenters. The molecule has 36 heavy (non-hydrogen) atoms. The third-order valence-corrected chi connectivity index (χ3v) is 7.40. The molecule has 1 aromatic heterocycles. The van der Waals surface area contributed by atoms with E-state index in [0.29, 0.717) is 54.7 Å². The molecular weight excluding hydrogens is 480 g/mol. The molecule has 0 aliphatic carbocycles. The van der Waals surface area contributed by atoms with Gasteiger partial charge in [0.1, 0.15) is 0 Å². The lowest BCUT2D eigenvalue weighted by Crippen LogP contribution is -2.39. The highest BCUT2D eigenvalue weighted by atomic mass is 32.1. The van der Waals surface area contributed by atoms with E-state index in [1.807, 2.05) is 17.5 Å². The Morgan fingerprint density at radius 2 is 1.97 bits per heavy atom. The molecule has 1 amide bonds. The summed E-state index contributed by atoms with van der Waals surface area (Å²) >= 11 is 1.29. The SMILES string of the molecule is CCCCOc1ccc(C2C(C(=O)c3cccs3)=C(O)C(=O)N2CCCN2CCOCC2)cc1OC. The van der Waals surface area contributed by atoms with Crippen LogP contribution in [0.2, 0.25) is 0 Å². The van der Waals surface area contributed by atoms with E-state index in [-0.39, 0.29) is 11.4 Å². The van der Waals surface area contributed by atoms with E-state index >= 15 is 0 Å². The van der Waals surface area contributed by atoms with E-state index in [1.54, 1.807) is 30.2 Å². The van der Waals surface area contributed by atoms with Gasteiger partial charge in [0.25, 0.3) is 5.91 Å². The summed E-state index contributed by atoms with van der Waals surface area (Å²) < 4.78 is 16.9. The van der Waals surface area contributed by atoms with Crippen LogP contribution in [0, 0.1) is 0 Å². The normalized spacial score (nSPS) is 18.7. The van der Waals surface area contributed by atoms with Gasteiger partial charge in [-0.05, 0) is 42.0 Å². The van der Waals surface area contributed by atoms with E-state index < -0.39 is 17.7 Å². The summed E-state index contributed by atoms with van der Waals surface area (Å²) in [5.41, 5.74) is 0.800. The minimum atomic E-state index is -0.713. The fraction of sp³-hybridized carbons (Fsp3) is 0.481. The van der Waals surface area contributed by atoms with Gasteiger partial charge in [-0.3, -0.25) is 14.5 Å². The minimum Gasteiger partial charge on any atom is -0.503 e. The number of rotatable bonds is 12. The van der Waals surface area contributed by atoms with Crippen molar-refractivity contribution < 1.29 is 28.9 Å². The number of hydrogen-bond acceptors (Lipinski definition) is 8. The largest absolute Gasteiger partial charge is 0.503 e. The highest BCUT2D eigenvalue weighted by Crippen LogP contribution is 2.42. The number of ether oxygens (including phenoxy) is 3. The molecule has 4 rings (SSSR count). The molecule has 8 nitrogen and oxygen atoms in total. The number of nitrogens with zero attached hydrogens (tertiary/aromatic N) is 2. The number of carbonyl (C=O) groups excluding carboxylic acids is 2. The van der Waals surface area contributed by atoms with Gasteiger partial charge >= 0.3 is 0 Å². The second-order valence-corrected chi connectivity index (χ2v) is 9.84. The first kappa shape index (κ1) is 26.2. The number of ketones is 1. The molecular formula is C27H34N2O6S. The molecule has 2 aliphatic heterocycles. The van der Waals surface area contributed by atoms with Gasteiger partial charge < -0.3 is 24.2 Å². The minimum absolute atomic E-state index is 0.107. The number of methoxy groups -OCH3 is 1. The highest BCUT2D eigenvalue weighted by molar-refractivity contribution is 7.12. The van der Waals surface area contributed by atoms with Crippen LogP contribution in [0.1, 0.15) is 47.5 Å². The van der Waals surface area contributed by atoms with Gasteiger partial charge in [0.2, 0.25) is 5.78 Å². The predicted octanol–water partition coefficient (Wildman–Crippen LogP) is 4.24. The monoisotopic (exact) mass is 514 g/mol. The third-order valence-electron chi connectivity index (χ3n) is 6.53. The fourth-order valence-electron chi connectivity index (χ4n) is 4.59. The van der Waals surface area contributed by atoms with Crippen molar-refractivity contribution in [2.75, 3.05) is 53.1 Å². The quantitative estimate of drug-likeness (QED) is 0.335. The van der Waals surface area contributed by atoms with Crippen molar-refractivity contribution in [1.82, 2.24) is 9.80 Å². The molecule has 1 unspecified atom stereocenters. The molecule has 0 bridgehead atoms. The lowest BCUT2D eigenvalue weighted by Gasteiger charge is -2.30. The molecule has 2 aliphatic rings. The van der Waals surface area contributed by atoms with Crippen LogP contribution in [-0.2, 0) is 9.53 Å². The van der Waals surface area contributed by atoms with Crippen LogP contribution in [0.25, 0.3) is 0 Å². The molecule has 0 radical (unpaired) electrons. The van der Waals surface area contributed by atoms with Crippen LogP contribution < -0.4 is 9.47 Å². The number of benzene rings is 1. The van der Waals surface area contributed by atoms with E-state index in [0.717, 1.165) is 32.5 Å². The Hall–Kier alpha value is -2.88. The van der Waals surface area contributed by atoms with Crippen LogP contribution >= 0.6 is 11.3 Å². The molecule has 3 heterocycles. The van der Waals surface area contributed by atoms with Gasteiger partial charge in [0, 0.05) is 26.2 Å². The summed E-state index contributed by atoms with van der Waals surface area (Å²) in [4.78, 5) is 31.1. The van der Waals surface area contributed by atoms with Crippen LogP contribution in [0.5, 0.6) is 11.5 Å².